The Morgan fingerprint density at radius 3 is 2.46 bits per heavy atom. The van der Waals surface area contributed by atoms with Gasteiger partial charge >= 0.3 is 0 Å². The van der Waals surface area contributed by atoms with Gasteiger partial charge in [-0.15, -0.1) is 0 Å². The fourth-order valence-corrected chi connectivity index (χ4v) is 5.96. The first-order valence-corrected chi connectivity index (χ1v) is 11.1. The van der Waals surface area contributed by atoms with Crippen molar-refractivity contribution in [2.45, 2.75) is 56.4 Å². The fourth-order valence-electron chi connectivity index (χ4n) is 4.22. The Labute approximate surface area is 156 Å². The second-order valence-electron chi connectivity index (χ2n) is 7.74. The van der Waals surface area contributed by atoms with Gasteiger partial charge in [0.2, 0.25) is 10.0 Å². The van der Waals surface area contributed by atoms with Gasteiger partial charge in [0, 0.05) is 24.8 Å². The monoisotopic (exact) mass is 373 g/mol. The number of piperidine rings is 1. The molecule has 1 aliphatic heterocycles. The summed E-state index contributed by atoms with van der Waals surface area (Å²) in [5.41, 5.74) is 1.46. The number of hydrogen-bond acceptors (Lipinski definition) is 3. The van der Waals surface area contributed by atoms with Crippen molar-refractivity contribution in [3.8, 4) is 11.3 Å². The summed E-state index contributed by atoms with van der Waals surface area (Å²) < 4.78 is 30.4. The molecule has 1 aromatic heterocycles. The van der Waals surface area contributed by atoms with Crippen LogP contribution in [0.2, 0.25) is 0 Å². The lowest BCUT2D eigenvalue weighted by molar-refractivity contribution is 0.281. The molecule has 0 spiro atoms. The molecule has 4 rings (SSSR count). The molecule has 2 heterocycles. The molecule has 1 aliphatic carbocycles. The van der Waals surface area contributed by atoms with Gasteiger partial charge < -0.3 is 0 Å². The highest BCUT2D eigenvalue weighted by Crippen LogP contribution is 2.35. The fraction of sp³-hybridized carbons (Fsp3) is 0.550. The molecule has 1 unspecified atom stereocenters. The Balaban J connectivity index is 1.78. The van der Waals surface area contributed by atoms with E-state index in [0.717, 1.165) is 31.2 Å². The minimum Gasteiger partial charge on any atom is -0.268 e. The Hall–Kier alpha value is -1.66. The molecule has 2 aromatic rings. The lowest BCUT2D eigenvalue weighted by atomic mass is 10.0. The molecule has 1 aromatic carbocycles. The number of aromatic nitrogens is 2. The van der Waals surface area contributed by atoms with Crippen molar-refractivity contribution in [3.05, 3.63) is 36.5 Å². The maximum absolute atomic E-state index is 13.4. The van der Waals surface area contributed by atoms with E-state index in [2.05, 4.69) is 6.92 Å². The largest absolute Gasteiger partial charge is 0.268 e. The second-order valence-corrected chi connectivity index (χ2v) is 9.64. The Morgan fingerprint density at radius 1 is 1.04 bits per heavy atom. The zero-order chi connectivity index (χ0) is 18.1. The molecule has 5 nitrogen and oxygen atoms in total. The first kappa shape index (κ1) is 17.7. The second kappa shape index (κ2) is 7.16. The molecule has 0 N–H and O–H groups in total. The van der Waals surface area contributed by atoms with Gasteiger partial charge in [0.15, 0.2) is 0 Å². The molecule has 1 saturated carbocycles. The van der Waals surface area contributed by atoms with E-state index >= 15 is 0 Å². The normalized spacial score (nSPS) is 22.7. The highest BCUT2D eigenvalue weighted by molar-refractivity contribution is 7.89. The van der Waals surface area contributed by atoms with Gasteiger partial charge in [-0.2, -0.15) is 9.40 Å². The predicted molar refractivity (Wildman–Crippen MR) is 102 cm³/mol. The first-order valence-electron chi connectivity index (χ1n) is 9.70. The summed E-state index contributed by atoms with van der Waals surface area (Å²) in [4.78, 5) is 0.365. The van der Waals surface area contributed by atoms with Gasteiger partial charge in [-0.1, -0.05) is 50.1 Å². The molecule has 2 fully saturated rings. The van der Waals surface area contributed by atoms with Crippen molar-refractivity contribution in [2.75, 3.05) is 13.1 Å². The van der Waals surface area contributed by atoms with E-state index in [4.69, 9.17) is 5.10 Å². The Bertz CT molecular complexity index is 854. The van der Waals surface area contributed by atoms with E-state index in [9.17, 15) is 8.42 Å². The van der Waals surface area contributed by atoms with Crippen molar-refractivity contribution < 1.29 is 8.42 Å². The van der Waals surface area contributed by atoms with Crippen molar-refractivity contribution in [2.24, 2.45) is 5.92 Å². The number of rotatable bonds is 4. The highest BCUT2D eigenvalue weighted by atomic mass is 32.2. The molecule has 1 atom stereocenters. The third-order valence-electron chi connectivity index (χ3n) is 5.68. The molecule has 140 valence electrons. The maximum Gasteiger partial charge on any atom is 0.246 e. The van der Waals surface area contributed by atoms with Crippen LogP contribution in [0.15, 0.2) is 41.4 Å². The Kier molecular flexibility index (Phi) is 4.88. The topological polar surface area (TPSA) is 55.2 Å². The van der Waals surface area contributed by atoms with E-state index in [1.165, 1.54) is 12.8 Å². The minimum atomic E-state index is -3.53. The van der Waals surface area contributed by atoms with Crippen LogP contribution in [0.3, 0.4) is 0 Å². The van der Waals surface area contributed by atoms with Gasteiger partial charge in [-0.05, 0) is 31.6 Å². The summed E-state index contributed by atoms with van der Waals surface area (Å²) in [6, 6.07) is 10.0. The zero-order valence-electron chi connectivity index (χ0n) is 15.3. The van der Waals surface area contributed by atoms with E-state index in [1.807, 2.05) is 35.0 Å². The van der Waals surface area contributed by atoms with Crippen LogP contribution in [-0.2, 0) is 10.0 Å². The summed E-state index contributed by atoms with van der Waals surface area (Å²) in [5.74, 6) is 0.406. The summed E-state index contributed by atoms with van der Waals surface area (Å²) in [5, 5.41) is 4.75. The van der Waals surface area contributed by atoms with E-state index in [1.54, 1.807) is 10.5 Å². The molecular weight excluding hydrogens is 346 g/mol. The van der Waals surface area contributed by atoms with Crippen LogP contribution in [0.1, 0.15) is 51.5 Å². The molecule has 26 heavy (non-hydrogen) atoms. The van der Waals surface area contributed by atoms with Crippen molar-refractivity contribution in [3.63, 3.8) is 0 Å². The van der Waals surface area contributed by atoms with Crippen molar-refractivity contribution >= 4 is 10.0 Å². The molecule has 0 amide bonds. The number of nitrogens with zero attached hydrogens (tertiary/aromatic N) is 3. The average Bonchev–Trinajstić information content (AvgIpc) is 3.32. The van der Waals surface area contributed by atoms with Crippen LogP contribution in [0, 0.1) is 5.92 Å². The molecular formula is C20H27N3O2S. The lowest BCUT2D eigenvalue weighted by Gasteiger charge is -2.29. The van der Waals surface area contributed by atoms with Crippen LogP contribution in [-0.4, -0.2) is 35.6 Å². The number of sulfonamides is 1. The molecule has 6 heteroatoms. The van der Waals surface area contributed by atoms with E-state index in [0.29, 0.717) is 35.6 Å². The average molecular weight is 374 g/mol. The van der Waals surface area contributed by atoms with Gasteiger partial charge in [-0.25, -0.2) is 8.42 Å². The predicted octanol–water partition coefficient (Wildman–Crippen LogP) is 4.09. The standard InChI is InChI=1S/C20H27N3O2S/c1-16-8-7-13-22(14-16)26(24,25)19-15-23(18-11-5-6-12-18)21-20(19)17-9-3-2-4-10-17/h2-4,9-10,15-16,18H,5-8,11-14H2,1H3. The van der Waals surface area contributed by atoms with Crippen molar-refractivity contribution in [1.82, 2.24) is 14.1 Å². The molecule has 1 saturated heterocycles. The number of benzene rings is 1. The zero-order valence-corrected chi connectivity index (χ0v) is 16.2. The van der Waals surface area contributed by atoms with Gasteiger partial charge in [0.05, 0.1) is 6.04 Å². The molecule has 0 bridgehead atoms. The van der Waals surface area contributed by atoms with Crippen molar-refractivity contribution in [1.29, 1.82) is 0 Å². The Morgan fingerprint density at radius 2 is 1.77 bits per heavy atom. The SMILES string of the molecule is CC1CCCN(S(=O)(=O)c2cn(C3CCCC3)nc2-c2ccccc2)C1. The summed E-state index contributed by atoms with van der Waals surface area (Å²) >= 11 is 0. The quantitative estimate of drug-likeness (QED) is 0.811. The van der Waals surface area contributed by atoms with E-state index in [-0.39, 0.29) is 0 Å². The lowest BCUT2D eigenvalue weighted by Crippen LogP contribution is -2.39. The van der Waals surface area contributed by atoms with Crippen LogP contribution in [0.5, 0.6) is 0 Å². The van der Waals surface area contributed by atoms with E-state index < -0.39 is 10.0 Å². The van der Waals surface area contributed by atoms with Crippen LogP contribution in [0.4, 0.5) is 0 Å². The number of hydrogen-bond donors (Lipinski definition) is 0. The first-order chi connectivity index (χ1) is 12.6. The molecule has 0 radical (unpaired) electrons. The summed E-state index contributed by atoms with van der Waals surface area (Å²) in [6.45, 7) is 3.34. The highest BCUT2D eigenvalue weighted by Gasteiger charge is 2.33. The van der Waals surface area contributed by atoms with Crippen LogP contribution >= 0.6 is 0 Å². The summed E-state index contributed by atoms with van der Waals surface area (Å²) in [7, 11) is -3.53. The third kappa shape index (κ3) is 3.32. The van der Waals surface area contributed by atoms with Crippen LogP contribution in [0.25, 0.3) is 11.3 Å². The third-order valence-corrected chi connectivity index (χ3v) is 7.55. The van der Waals surface area contributed by atoms with Crippen LogP contribution < -0.4 is 0 Å². The smallest absolute Gasteiger partial charge is 0.246 e. The summed E-state index contributed by atoms with van der Waals surface area (Å²) in [6.07, 6.45) is 8.35. The molecule has 2 aliphatic rings. The minimum absolute atomic E-state index is 0.321. The van der Waals surface area contributed by atoms with Gasteiger partial charge in [-0.3, -0.25) is 4.68 Å². The van der Waals surface area contributed by atoms with Gasteiger partial charge in [0.25, 0.3) is 0 Å². The maximum atomic E-state index is 13.4. The van der Waals surface area contributed by atoms with Gasteiger partial charge in [0.1, 0.15) is 10.6 Å².